The molecule has 0 aliphatic carbocycles. The Kier molecular flexibility index (Phi) is 14.6. The van der Waals surface area contributed by atoms with E-state index >= 15 is 0 Å². The third-order valence-electron chi connectivity index (χ3n) is 0.370. The molecule has 0 amide bonds. The first-order chi connectivity index (χ1) is 2.91. The van der Waals surface area contributed by atoms with Crippen LogP contribution in [0.25, 0.3) is 0 Å². The van der Waals surface area contributed by atoms with Gasteiger partial charge in [-0.25, -0.2) is 12.2 Å². The molecule has 0 saturated heterocycles. The normalized spacial score (nSPS) is 10.0. The van der Waals surface area contributed by atoms with Crippen molar-refractivity contribution >= 4 is 6.21 Å². The second-order valence-corrected chi connectivity index (χ2v) is 0.853. The van der Waals surface area contributed by atoms with Gasteiger partial charge in [0.15, 0.2) is 0 Å². The first-order valence-electron chi connectivity index (χ1n) is 1.87. The van der Waals surface area contributed by atoms with E-state index in [0.717, 1.165) is 0 Å². The summed E-state index contributed by atoms with van der Waals surface area (Å²) in [5.74, 6) is 0. The molecule has 0 aromatic carbocycles. The molecule has 1 radical (unpaired) electrons. The van der Waals surface area contributed by atoms with Crippen LogP contribution in [0.15, 0.2) is 17.1 Å². The summed E-state index contributed by atoms with van der Waals surface area (Å²) >= 11 is 0. The third-order valence-corrected chi connectivity index (χ3v) is 0.370. The van der Waals surface area contributed by atoms with Crippen LogP contribution in [0.2, 0.25) is 0 Å². The van der Waals surface area contributed by atoms with Crippen molar-refractivity contribution in [1.82, 2.24) is 0 Å². The van der Waals surface area contributed by atoms with E-state index in [2.05, 4.69) is 11.2 Å². The molecule has 0 fully saturated rings. The molecule has 0 aromatic heterocycles. The van der Waals surface area contributed by atoms with Gasteiger partial charge in [0.1, 0.15) is 0 Å². The first kappa shape index (κ1) is 10.5. The van der Waals surface area contributed by atoms with Gasteiger partial charge in [-0.15, -0.1) is 6.92 Å². The van der Waals surface area contributed by atoms with Gasteiger partial charge in [-0.05, 0) is 0 Å². The average molecular weight is 171 g/mol. The van der Waals surface area contributed by atoms with Gasteiger partial charge in [0, 0.05) is 39.8 Å². The van der Waals surface area contributed by atoms with Crippen molar-refractivity contribution in [1.29, 1.82) is 0 Å². The molecular weight excluding hydrogens is 163 g/mol. The predicted molar refractivity (Wildman–Crippen MR) is 28.2 cm³/mol. The van der Waals surface area contributed by atoms with Gasteiger partial charge in [0.25, 0.3) is 0 Å². The number of allylic oxidation sites excluding steroid dienone is 2. The molecule has 0 bridgehead atoms. The maximum absolute atomic E-state index is 3.59. The van der Waals surface area contributed by atoms with Crippen LogP contribution in [0.4, 0.5) is 0 Å². The number of hydrogen-bond donors (Lipinski definition) is 0. The van der Waals surface area contributed by atoms with Crippen LogP contribution in [0.1, 0.15) is 6.92 Å². The fraction of sp³-hybridized carbons (Fsp3) is 0.400. The van der Waals surface area contributed by atoms with Crippen LogP contribution < -0.4 is 0 Å². The summed E-state index contributed by atoms with van der Waals surface area (Å²) in [6, 6.07) is 0. The molecule has 1 nitrogen and oxygen atoms in total. The van der Waals surface area contributed by atoms with E-state index in [9.17, 15) is 0 Å². The van der Waals surface area contributed by atoms with Crippen LogP contribution in [0.3, 0.4) is 0 Å². The van der Waals surface area contributed by atoms with Crippen molar-refractivity contribution in [2.24, 2.45) is 4.99 Å². The van der Waals surface area contributed by atoms with Crippen LogP contribution in [0.5, 0.6) is 0 Å². The van der Waals surface area contributed by atoms with E-state index in [1.807, 2.05) is 13.0 Å². The molecule has 0 aromatic rings. The summed E-state index contributed by atoms with van der Waals surface area (Å²) in [6.07, 6.45) is 6.29. The second-order valence-electron chi connectivity index (χ2n) is 0.853. The van der Waals surface area contributed by atoms with Gasteiger partial charge in [-0.2, -0.15) is 6.21 Å². The molecule has 7 heavy (non-hydrogen) atoms. The zero-order valence-electron chi connectivity index (χ0n) is 4.68. The Morgan fingerprint density at radius 1 is 1.57 bits per heavy atom. The monoisotopic (exact) mass is 171 g/mol. The van der Waals surface area contributed by atoms with E-state index in [4.69, 9.17) is 0 Å². The minimum atomic E-state index is 0. The molecule has 0 rings (SSSR count). The topological polar surface area (TPSA) is 12.4 Å². The van der Waals surface area contributed by atoms with Crippen LogP contribution in [-0.2, 0) is 32.7 Å². The number of hydrogen-bond acceptors (Lipinski definition) is 1. The molecule has 0 saturated carbocycles. The smallest absolute Gasteiger partial charge is 0.00584 e. The molecule has 0 spiro atoms. The minimum Gasteiger partial charge on any atom is -0.399 e. The Balaban J connectivity index is 0. The summed E-state index contributed by atoms with van der Waals surface area (Å²) < 4.78 is 0. The third kappa shape index (κ3) is 10.7. The van der Waals surface area contributed by atoms with Gasteiger partial charge in [0.05, 0.1) is 0 Å². The van der Waals surface area contributed by atoms with Crippen molar-refractivity contribution in [3.8, 4) is 0 Å². The van der Waals surface area contributed by atoms with Gasteiger partial charge >= 0.3 is 0 Å². The van der Waals surface area contributed by atoms with E-state index in [1.165, 1.54) is 0 Å². The Labute approximate surface area is 69.8 Å². The predicted octanol–water partition coefficient (Wildman–Crippen LogP) is 1.14. The van der Waals surface area contributed by atoms with Gasteiger partial charge in [-0.3, -0.25) is 0 Å². The zero-order valence-corrected chi connectivity index (χ0v) is 7.52. The summed E-state index contributed by atoms with van der Waals surface area (Å²) in [5.41, 5.74) is 0. The zero-order chi connectivity index (χ0) is 4.83. The van der Waals surface area contributed by atoms with Gasteiger partial charge < -0.3 is 4.99 Å². The molecule has 2 heteroatoms. The molecule has 37 valence electrons. The van der Waals surface area contributed by atoms with Crippen molar-refractivity contribution < 1.29 is 32.7 Å². The number of aliphatic imine (C=N–C) groups is 1. The Bertz CT molecular complexity index is 56.5. The fourth-order valence-corrected chi connectivity index (χ4v) is 0.149. The maximum Gasteiger partial charge on any atom is 0.00584 e. The van der Waals surface area contributed by atoms with Crippen molar-refractivity contribution in [2.45, 2.75) is 6.92 Å². The fourth-order valence-electron chi connectivity index (χ4n) is 0.149. The van der Waals surface area contributed by atoms with E-state index in [1.54, 1.807) is 13.1 Å². The summed E-state index contributed by atoms with van der Waals surface area (Å²) in [7, 11) is 1.69. The maximum atomic E-state index is 3.59. The number of rotatable bonds is 1. The van der Waals surface area contributed by atoms with Gasteiger partial charge in [-0.1, -0.05) is 0 Å². The van der Waals surface area contributed by atoms with Crippen molar-refractivity contribution in [2.75, 3.05) is 7.05 Å². The summed E-state index contributed by atoms with van der Waals surface area (Å²) in [6.45, 7) is 1.93. The molecule has 0 atom stereocenters. The SMILES string of the molecule is CC=C[C-]=NC.[Y]. The summed E-state index contributed by atoms with van der Waals surface area (Å²) in [5, 5.41) is 0. The molecule has 0 N–H and O–H groups in total. The van der Waals surface area contributed by atoms with E-state index in [0.29, 0.717) is 0 Å². The Hall–Kier alpha value is 0.514. The quantitative estimate of drug-likeness (QED) is 0.414. The van der Waals surface area contributed by atoms with Crippen LogP contribution in [-0.4, -0.2) is 13.3 Å². The van der Waals surface area contributed by atoms with Gasteiger partial charge in [0.2, 0.25) is 0 Å². The van der Waals surface area contributed by atoms with E-state index in [-0.39, 0.29) is 32.7 Å². The minimum absolute atomic E-state index is 0. The molecular formula is C5H8NY-. The van der Waals surface area contributed by atoms with Crippen molar-refractivity contribution in [3.05, 3.63) is 12.2 Å². The molecule has 0 aliphatic heterocycles. The second kappa shape index (κ2) is 9.72. The average Bonchev–Trinajstić information content (AvgIpc) is 1.61. The van der Waals surface area contributed by atoms with Crippen LogP contribution >= 0.6 is 0 Å². The molecule has 0 heterocycles. The number of nitrogens with zero attached hydrogens (tertiary/aromatic N) is 1. The Morgan fingerprint density at radius 2 is 2.14 bits per heavy atom. The summed E-state index contributed by atoms with van der Waals surface area (Å²) in [4.78, 5) is 3.59. The van der Waals surface area contributed by atoms with E-state index < -0.39 is 0 Å². The molecule has 0 aliphatic rings. The van der Waals surface area contributed by atoms with Crippen LogP contribution in [0, 0.1) is 0 Å². The molecule has 0 unspecified atom stereocenters. The largest absolute Gasteiger partial charge is 0.399 e. The first-order valence-corrected chi connectivity index (χ1v) is 1.87. The Morgan fingerprint density at radius 3 is 2.29 bits per heavy atom. The standard InChI is InChI=1S/C5H8N.Y/c1-3-4-5-6-2;/h3-4H,1-2H3;/q-1;. The van der Waals surface area contributed by atoms with Crippen molar-refractivity contribution in [3.63, 3.8) is 0 Å².